The second kappa shape index (κ2) is 14.0. The van der Waals surface area contributed by atoms with Crippen LogP contribution in [0.4, 0.5) is 21.9 Å². The first-order chi connectivity index (χ1) is 17.9. The number of rotatable bonds is 11. The van der Waals surface area contributed by atoms with E-state index < -0.39 is 24.2 Å². The molecule has 0 unspecified atom stereocenters. The molecule has 0 aliphatic heterocycles. The number of nitrogens with two attached hydrogens (primary N) is 1. The predicted octanol–water partition coefficient (Wildman–Crippen LogP) is 4.90. The number of carbonyl (C=O) groups excluding carboxylic acids is 2. The van der Waals surface area contributed by atoms with Crippen LogP contribution in [0.2, 0.25) is 0 Å². The number of methoxy groups -OCH3 is 1. The molecular formula is C27H28BrN3O6. The second-order valence-corrected chi connectivity index (χ2v) is 8.62. The van der Waals surface area contributed by atoms with E-state index in [1.165, 1.54) is 19.3 Å². The molecule has 0 saturated carbocycles. The molecule has 0 aromatic heterocycles. The fraction of sp³-hybridized carbons (Fsp3) is 0.185. The van der Waals surface area contributed by atoms with Crippen molar-refractivity contribution in [3.05, 3.63) is 95.0 Å². The Bertz CT molecular complexity index is 1220. The number of benzene rings is 3. The first-order valence-electron chi connectivity index (χ1n) is 11.3. The summed E-state index contributed by atoms with van der Waals surface area (Å²) in [5.74, 6) is -0.0437. The summed E-state index contributed by atoms with van der Waals surface area (Å²) < 4.78 is 17.9. The van der Waals surface area contributed by atoms with Crippen molar-refractivity contribution in [1.82, 2.24) is 0 Å². The molecule has 3 aromatic rings. The molecule has 0 aliphatic carbocycles. The third-order valence-corrected chi connectivity index (χ3v) is 5.65. The van der Waals surface area contributed by atoms with Crippen molar-refractivity contribution >= 4 is 45.0 Å². The molecule has 0 saturated heterocycles. The molecule has 5 N–H and O–H groups in total. The van der Waals surface area contributed by atoms with Gasteiger partial charge in [-0.05, 0) is 48.5 Å². The lowest BCUT2D eigenvalue weighted by molar-refractivity contribution is -0.112. The van der Waals surface area contributed by atoms with Crippen molar-refractivity contribution in [2.24, 2.45) is 0 Å². The maximum atomic E-state index is 12.8. The highest BCUT2D eigenvalue weighted by Gasteiger charge is 2.28. The van der Waals surface area contributed by atoms with E-state index in [0.717, 1.165) is 4.47 Å². The molecule has 3 rings (SSSR count). The minimum atomic E-state index is -0.999. The summed E-state index contributed by atoms with van der Waals surface area (Å²) in [4.78, 5) is 25.4. The van der Waals surface area contributed by atoms with Gasteiger partial charge in [-0.25, -0.2) is 4.79 Å². The van der Waals surface area contributed by atoms with Gasteiger partial charge in [0.25, 0.3) is 0 Å². The SMILES string of the molecule is CO[C@H](/C=C/C(=O)Nc1ccccc1N)[C@H](OC(=O)Nc1ccc(Br)cc1)c1ccccc1OCCO. The Labute approximate surface area is 223 Å². The Balaban J connectivity index is 1.85. The van der Waals surface area contributed by atoms with Crippen LogP contribution in [0.15, 0.2) is 89.4 Å². The molecule has 0 bridgehead atoms. The normalized spacial score (nSPS) is 12.5. The second-order valence-electron chi connectivity index (χ2n) is 7.70. The van der Waals surface area contributed by atoms with Gasteiger partial charge in [-0.3, -0.25) is 10.1 Å². The van der Waals surface area contributed by atoms with E-state index in [2.05, 4.69) is 26.6 Å². The van der Waals surface area contributed by atoms with E-state index in [4.69, 9.17) is 19.9 Å². The summed E-state index contributed by atoms with van der Waals surface area (Å²) in [7, 11) is 1.43. The summed E-state index contributed by atoms with van der Waals surface area (Å²) >= 11 is 3.35. The Morgan fingerprint density at radius 3 is 2.43 bits per heavy atom. The van der Waals surface area contributed by atoms with E-state index in [-0.39, 0.29) is 13.2 Å². The van der Waals surface area contributed by atoms with Gasteiger partial charge >= 0.3 is 6.09 Å². The van der Waals surface area contributed by atoms with E-state index >= 15 is 0 Å². The third-order valence-electron chi connectivity index (χ3n) is 5.13. The lowest BCUT2D eigenvalue weighted by Crippen LogP contribution is -2.27. The van der Waals surface area contributed by atoms with Crippen molar-refractivity contribution in [1.29, 1.82) is 0 Å². The first kappa shape index (κ1) is 27.7. The number of halogens is 1. The zero-order valence-corrected chi connectivity index (χ0v) is 21.7. The highest BCUT2D eigenvalue weighted by Crippen LogP contribution is 2.32. The molecule has 0 heterocycles. The van der Waals surface area contributed by atoms with Crippen molar-refractivity contribution in [2.45, 2.75) is 12.2 Å². The van der Waals surface area contributed by atoms with Crippen LogP contribution in [-0.4, -0.2) is 43.5 Å². The first-order valence-corrected chi connectivity index (χ1v) is 12.1. The maximum absolute atomic E-state index is 12.8. The molecule has 37 heavy (non-hydrogen) atoms. The Morgan fingerprint density at radius 2 is 1.73 bits per heavy atom. The number of hydrogen-bond donors (Lipinski definition) is 4. The monoisotopic (exact) mass is 569 g/mol. The smallest absolute Gasteiger partial charge is 0.412 e. The highest BCUT2D eigenvalue weighted by atomic mass is 79.9. The number of amides is 2. The molecule has 0 spiro atoms. The Morgan fingerprint density at radius 1 is 1.03 bits per heavy atom. The van der Waals surface area contributed by atoms with Gasteiger partial charge in [0.2, 0.25) is 5.91 Å². The average molecular weight is 570 g/mol. The molecule has 0 radical (unpaired) electrons. The van der Waals surface area contributed by atoms with Crippen molar-refractivity contribution in [3.63, 3.8) is 0 Å². The number of para-hydroxylation sites is 3. The van der Waals surface area contributed by atoms with Gasteiger partial charge in [0, 0.05) is 28.9 Å². The number of nitrogens with one attached hydrogen (secondary N) is 2. The van der Waals surface area contributed by atoms with Crippen LogP contribution < -0.4 is 21.1 Å². The van der Waals surface area contributed by atoms with Crippen molar-refractivity contribution in [2.75, 3.05) is 36.7 Å². The average Bonchev–Trinajstić information content (AvgIpc) is 2.90. The summed E-state index contributed by atoms with van der Waals surface area (Å²) in [6.07, 6.45) is 0.159. The molecular weight excluding hydrogens is 542 g/mol. The van der Waals surface area contributed by atoms with Gasteiger partial charge in [0.15, 0.2) is 6.10 Å². The van der Waals surface area contributed by atoms with Gasteiger partial charge in [0.1, 0.15) is 18.5 Å². The maximum Gasteiger partial charge on any atom is 0.412 e. The Hall–Kier alpha value is -3.86. The van der Waals surface area contributed by atoms with E-state index in [0.29, 0.717) is 28.4 Å². The van der Waals surface area contributed by atoms with Crippen LogP contribution >= 0.6 is 15.9 Å². The van der Waals surface area contributed by atoms with Crippen LogP contribution in [0.25, 0.3) is 0 Å². The lowest BCUT2D eigenvalue weighted by Gasteiger charge is -2.26. The zero-order chi connectivity index (χ0) is 26.6. The minimum absolute atomic E-state index is 0.0449. The zero-order valence-electron chi connectivity index (χ0n) is 20.1. The van der Waals surface area contributed by atoms with Gasteiger partial charge in [-0.1, -0.05) is 46.3 Å². The number of anilines is 3. The number of ether oxygens (including phenoxy) is 3. The number of aliphatic hydroxyl groups is 1. The fourth-order valence-electron chi connectivity index (χ4n) is 3.38. The summed E-state index contributed by atoms with van der Waals surface area (Å²) in [6.45, 7) is -0.149. The molecule has 10 heteroatoms. The molecule has 194 valence electrons. The predicted molar refractivity (Wildman–Crippen MR) is 145 cm³/mol. The third kappa shape index (κ3) is 8.35. The fourth-order valence-corrected chi connectivity index (χ4v) is 3.64. The van der Waals surface area contributed by atoms with Crippen LogP contribution in [0, 0.1) is 0 Å². The topological polar surface area (TPSA) is 132 Å². The number of carbonyl (C=O) groups is 2. The molecule has 0 aliphatic rings. The Kier molecular flexibility index (Phi) is 10.5. The van der Waals surface area contributed by atoms with Gasteiger partial charge in [-0.2, -0.15) is 0 Å². The van der Waals surface area contributed by atoms with E-state index in [1.807, 2.05) is 0 Å². The number of nitrogen functional groups attached to an aromatic ring is 1. The van der Waals surface area contributed by atoms with Crippen LogP contribution in [0.3, 0.4) is 0 Å². The molecule has 2 atom stereocenters. The van der Waals surface area contributed by atoms with Crippen molar-refractivity contribution in [3.8, 4) is 5.75 Å². The number of aliphatic hydroxyl groups excluding tert-OH is 1. The van der Waals surface area contributed by atoms with E-state index in [1.54, 1.807) is 72.8 Å². The minimum Gasteiger partial charge on any atom is -0.491 e. The molecule has 3 aromatic carbocycles. The number of hydrogen-bond acceptors (Lipinski definition) is 7. The summed E-state index contributed by atoms with van der Waals surface area (Å²) in [6, 6.07) is 20.8. The van der Waals surface area contributed by atoms with Gasteiger partial charge in [0.05, 0.1) is 18.0 Å². The van der Waals surface area contributed by atoms with Gasteiger partial charge < -0.3 is 30.4 Å². The molecule has 0 fully saturated rings. The summed E-state index contributed by atoms with van der Waals surface area (Å²) in [5.41, 5.74) is 7.81. The highest BCUT2D eigenvalue weighted by molar-refractivity contribution is 9.10. The van der Waals surface area contributed by atoms with Crippen molar-refractivity contribution < 1.29 is 28.9 Å². The van der Waals surface area contributed by atoms with Crippen LogP contribution in [0.1, 0.15) is 11.7 Å². The van der Waals surface area contributed by atoms with Crippen LogP contribution in [-0.2, 0) is 14.3 Å². The molecule has 9 nitrogen and oxygen atoms in total. The standard InChI is InChI=1S/C27H28BrN3O6/c1-35-24(14-15-25(33)31-22-8-4-3-7-21(22)29)26(20-6-2-5-9-23(20)36-17-16-32)37-27(34)30-19-12-10-18(28)11-13-19/h2-15,24,26,32H,16-17,29H2,1H3,(H,30,34)(H,31,33)/b15-14+/t24-,26-/m1/s1. The lowest BCUT2D eigenvalue weighted by atomic mass is 10.0. The van der Waals surface area contributed by atoms with Crippen LogP contribution in [0.5, 0.6) is 5.75 Å². The summed E-state index contributed by atoms with van der Waals surface area (Å²) in [5, 5.41) is 14.6. The largest absolute Gasteiger partial charge is 0.491 e. The quantitative estimate of drug-likeness (QED) is 0.190. The van der Waals surface area contributed by atoms with E-state index in [9.17, 15) is 14.7 Å². The molecule has 2 amide bonds. The van der Waals surface area contributed by atoms with Gasteiger partial charge in [-0.15, -0.1) is 0 Å².